The smallest absolute Gasteiger partial charge is 0.224 e. The molecular weight excluding hydrogens is 302 g/mol. The molecule has 2 aromatic carbocycles. The molecule has 1 aliphatic rings. The van der Waals surface area contributed by atoms with Crippen molar-refractivity contribution < 1.29 is 14.3 Å². The van der Waals surface area contributed by atoms with Gasteiger partial charge in [-0.1, -0.05) is 23.7 Å². The van der Waals surface area contributed by atoms with Gasteiger partial charge in [-0.3, -0.25) is 4.79 Å². The Kier molecular flexibility index (Phi) is 4.49. The van der Waals surface area contributed by atoms with Crippen LogP contribution in [0.3, 0.4) is 0 Å². The molecule has 114 valence electrons. The Bertz CT molecular complexity index is 670. The van der Waals surface area contributed by atoms with Crippen LogP contribution in [0.15, 0.2) is 42.5 Å². The van der Waals surface area contributed by atoms with E-state index < -0.39 is 0 Å². The number of hydrogen-bond acceptors (Lipinski definition) is 3. The van der Waals surface area contributed by atoms with E-state index in [9.17, 15) is 4.79 Å². The molecule has 0 unspecified atom stereocenters. The van der Waals surface area contributed by atoms with Crippen LogP contribution in [-0.4, -0.2) is 19.1 Å². The van der Waals surface area contributed by atoms with Crippen molar-refractivity contribution >= 4 is 23.2 Å². The molecule has 0 aromatic heterocycles. The molecule has 4 nitrogen and oxygen atoms in total. The van der Waals surface area contributed by atoms with Crippen molar-refractivity contribution in [2.45, 2.75) is 12.8 Å². The van der Waals surface area contributed by atoms with Gasteiger partial charge in [-0.15, -0.1) is 0 Å². The second-order valence-electron chi connectivity index (χ2n) is 5.03. The summed E-state index contributed by atoms with van der Waals surface area (Å²) >= 11 is 5.84. The van der Waals surface area contributed by atoms with Crippen molar-refractivity contribution in [1.29, 1.82) is 0 Å². The number of benzene rings is 2. The number of nitrogens with one attached hydrogen (secondary N) is 1. The Hall–Kier alpha value is -2.20. The summed E-state index contributed by atoms with van der Waals surface area (Å²) in [7, 11) is 0. The van der Waals surface area contributed by atoms with E-state index >= 15 is 0 Å². The largest absolute Gasteiger partial charge is 0.486 e. The number of amides is 1. The van der Waals surface area contributed by atoms with E-state index in [1.807, 2.05) is 36.4 Å². The SMILES string of the molecule is O=C(CCc1ccc(Cl)cc1)Nc1ccc2c(c1)OCCO2. The monoisotopic (exact) mass is 317 g/mol. The minimum Gasteiger partial charge on any atom is -0.486 e. The van der Waals surface area contributed by atoms with Crippen LogP contribution in [0.2, 0.25) is 5.02 Å². The Morgan fingerprint density at radius 3 is 2.55 bits per heavy atom. The number of hydrogen-bond donors (Lipinski definition) is 1. The molecular formula is C17H16ClNO3. The van der Waals surface area contributed by atoms with E-state index in [1.54, 1.807) is 6.07 Å². The van der Waals surface area contributed by atoms with Gasteiger partial charge in [0.05, 0.1) is 0 Å². The summed E-state index contributed by atoms with van der Waals surface area (Å²) in [5.41, 5.74) is 1.80. The molecule has 0 aliphatic carbocycles. The Morgan fingerprint density at radius 2 is 1.77 bits per heavy atom. The van der Waals surface area contributed by atoms with Crippen molar-refractivity contribution in [2.24, 2.45) is 0 Å². The van der Waals surface area contributed by atoms with Gasteiger partial charge in [-0.2, -0.15) is 0 Å². The van der Waals surface area contributed by atoms with E-state index in [4.69, 9.17) is 21.1 Å². The van der Waals surface area contributed by atoms with Gasteiger partial charge in [0.2, 0.25) is 5.91 Å². The summed E-state index contributed by atoms with van der Waals surface area (Å²) in [5, 5.41) is 3.57. The number of carbonyl (C=O) groups excluding carboxylic acids is 1. The highest BCUT2D eigenvalue weighted by atomic mass is 35.5. The van der Waals surface area contributed by atoms with Crippen LogP contribution < -0.4 is 14.8 Å². The summed E-state index contributed by atoms with van der Waals surface area (Å²) in [6, 6.07) is 12.9. The van der Waals surface area contributed by atoms with Gasteiger partial charge in [0.1, 0.15) is 13.2 Å². The van der Waals surface area contributed by atoms with Gasteiger partial charge in [-0.05, 0) is 36.2 Å². The molecule has 0 radical (unpaired) electrons. The van der Waals surface area contributed by atoms with Crippen molar-refractivity contribution in [3.63, 3.8) is 0 Å². The number of aryl methyl sites for hydroxylation is 1. The third-order valence-corrected chi connectivity index (χ3v) is 3.63. The molecule has 5 heteroatoms. The minimum absolute atomic E-state index is 0.0355. The first-order valence-corrected chi connectivity index (χ1v) is 7.52. The lowest BCUT2D eigenvalue weighted by molar-refractivity contribution is -0.116. The maximum absolute atomic E-state index is 12.0. The van der Waals surface area contributed by atoms with Crippen molar-refractivity contribution in [2.75, 3.05) is 18.5 Å². The van der Waals surface area contributed by atoms with Crippen LogP contribution in [0, 0.1) is 0 Å². The van der Waals surface area contributed by atoms with Crippen LogP contribution in [0.4, 0.5) is 5.69 Å². The van der Waals surface area contributed by atoms with Crippen LogP contribution in [0.1, 0.15) is 12.0 Å². The van der Waals surface area contributed by atoms with E-state index in [-0.39, 0.29) is 5.91 Å². The zero-order chi connectivity index (χ0) is 15.4. The van der Waals surface area contributed by atoms with E-state index in [2.05, 4.69) is 5.32 Å². The molecule has 0 fully saturated rings. The molecule has 0 atom stereocenters. The molecule has 3 rings (SSSR count). The van der Waals surface area contributed by atoms with Crippen LogP contribution in [0.25, 0.3) is 0 Å². The van der Waals surface area contributed by atoms with E-state index in [1.165, 1.54) is 0 Å². The van der Waals surface area contributed by atoms with E-state index in [0.29, 0.717) is 48.3 Å². The molecule has 1 heterocycles. The normalized spacial score (nSPS) is 12.8. The van der Waals surface area contributed by atoms with Crippen LogP contribution in [-0.2, 0) is 11.2 Å². The summed E-state index contributed by atoms with van der Waals surface area (Å²) < 4.78 is 10.9. The molecule has 2 aromatic rings. The lowest BCUT2D eigenvalue weighted by Crippen LogP contribution is -2.16. The molecule has 0 spiro atoms. The molecule has 1 amide bonds. The highest BCUT2D eigenvalue weighted by molar-refractivity contribution is 6.30. The molecule has 22 heavy (non-hydrogen) atoms. The standard InChI is InChI=1S/C17H16ClNO3/c18-13-4-1-12(2-5-13)3-8-17(20)19-14-6-7-15-16(11-14)22-10-9-21-15/h1-2,4-7,11H,3,8-10H2,(H,19,20). The van der Waals surface area contributed by atoms with Gasteiger partial charge in [0, 0.05) is 23.2 Å². The second-order valence-corrected chi connectivity index (χ2v) is 5.47. The summed E-state index contributed by atoms with van der Waals surface area (Å²) in [4.78, 5) is 12.0. The van der Waals surface area contributed by atoms with Crippen LogP contribution in [0.5, 0.6) is 11.5 Å². The minimum atomic E-state index is -0.0355. The fourth-order valence-corrected chi connectivity index (χ4v) is 2.38. The van der Waals surface area contributed by atoms with Crippen molar-refractivity contribution in [3.8, 4) is 11.5 Å². The fraction of sp³-hybridized carbons (Fsp3) is 0.235. The maximum Gasteiger partial charge on any atom is 0.224 e. The quantitative estimate of drug-likeness (QED) is 0.935. The van der Waals surface area contributed by atoms with Crippen LogP contribution >= 0.6 is 11.6 Å². The number of fused-ring (bicyclic) bond motifs is 1. The van der Waals surface area contributed by atoms with Crippen molar-refractivity contribution in [1.82, 2.24) is 0 Å². The third-order valence-electron chi connectivity index (χ3n) is 3.38. The fourth-order valence-electron chi connectivity index (χ4n) is 2.25. The number of halogens is 1. The highest BCUT2D eigenvalue weighted by Gasteiger charge is 2.12. The number of anilines is 1. The van der Waals surface area contributed by atoms with Gasteiger partial charge >= 0.3 is 0 Å². The zero-order valence-electron chi connectivity index (χ0n) is 12.0. The Morgan fingerprint density at radius 1 is 1.05 bits per heavy atom. The molecule has 0 saturated carbocycles. The summed E-state index contributed by atoms with van der Waals surface area (Å²) in [6.45, 7) is 1.08. The lowest BCUT2D eigenvalue weighted by atomic mass is 10.1. The van der Waals surface area contributed by atoms with Crippen molar-refractivity contribution in [3.05, 3.63) is 53.1 Å². The molecule has 0 saturated heterocycles. The van der Waals surface area contributed by atoms with E-state index in [0.717, 1.165) is 5.56 Å². The topological polar surface area (TPSA) is 47.6 Å². The average Bonchev–Trinajstić information content (AvgIpc) is 2.54. The number of rotatable bonds is 4. The van der Waals surface area contributed by atoms with Gasteiger partial charge in [0.15, 0.2) is 11.5 Å². The second kappa shape index (κ2) is 6.71. The van der Waals surface area contributed by atoms with Gasteiger partial charge < -0.3 is 14.8 Å². The predicted molar refractivity (Wildman–Crippen MR) is 85.8 cm³/mol. The van der Waals surface area contributed by atoms with Gasteiger partial charge in [0.25, 0.3) is 0 Å². The number of carbonyl (C=O) groups is 1. The van der Waals surface area contributed by atoms with Gasteiger partial charge in [-0.25, -0.2) is 0 Å². The zero-order valence-corrected chi connectivity index (χ0v) is 12.7. The lowest BCUT2D eigenvalue weighted by Gasteiger charge is -2.19. The average molecular weight is 318 g/mol. The number of ether oxygens (including phenoxy) is 2. The first kappa shape index (κ1) is 14.7. The highest BCUT2D eigenvalue weighted by Crippen LogP contribution is 2.32. The Labute approximate surface area is 134 Å². The third kappa shape index (κ3) is 3.71. The molecule has 1 N–H and O–H groups in total. The first-order chi connectivity index (χ1) is 10.7. The first-order valence-electron chi connectivity index (χ1n) is 7.15. The predicted octanol–water partition coefficient (Wildman–Crippen LogP) is 3.68. The molecule has 1 aliphatic heterocycles. The summed E-state index contributed by atoms with van der Waals surface area (Å²) in [6.07, 6.45) is 1.09. The molecule has 0 bridgehead atoms. The summed E-state index contributed by atoms with van der Waals surface area (Å²) in [5.74, 6) is 1.35. The maximum atomic E-state index is 12.0. The Balaban J connectivity index is 1.56.